The van der Waals surface area contributed by atoms with Crippen molar-refractivity contribution in [3.63, 3.8) is 0 Å². The summed E-state index contributed by atoms with van der Waals surface area (Å²) in [5.41, 5.74) is 2.11. The summed E-state index contributed by atoms with van der Waals surface area (Å²) in [4.78, 5) is 22.1. The number of hydrogen-bond donors (Lipinski definition) is 2. The summed E-state index contributed by atoms with van der Waals surface area (Å²) >= 11 is 0. The Kier molecular flexibility index (Phi) is 4.54. The number of nitro groups is 1. The molecule has 3 aromatic carbocycles. The van der Waals surface area contributed by atoms with E-state index in [4.69, 9.17) is 0 Å². The molecule has 0 aliphatic rings. The Hall–Kier alpha value is -4.78. The van der Waals surface area contributed by atoms with Gasteiger partial charge in [-0.15, -0.1) is 0 Å². The highest BCUT2D eigenvalue weighted by Gasteiger charge is 2.21. The van der Waals surface area contributed by atoms with Gasteiger partial charge in [-0.25, -0.2) is 9.42 Å². The van der Waals surface area contributed by atoms with Crippen molar-refractivity contribution >= 4 is 34.1 Å². The molecule has 10 heteroatoms. The van der Waals surface area contributed by atoms with E-state index >= 15 is 0 Å². The number of nitro benzene ring substituents is 1. The number of nitrogens with one attached hydrogen (secondary N) is 1. The number of non-ortho nitro benzene ring substituents is 1. The van der Waals surface area contributed by atoms with Crippen LogP contribution in [0.2, 0.25) is 0 Å². The Balaban J connectivity index is 1.89. The molecule has 0 spiro atoms. The SMILES string of the molecule is N#Cc1ccccc1-c1cc(C(=O)O)ccc1Nc1ccc([N+](=O)[O-])c2nonc12. The standard InChI is InChI=1S/C20H11N5O5/c21-10-12-3-1-2-4-13(12)14-9-11(20(26)27)5-6-15(14)22-16-7-8-17(25(28)29)19-18(16)23-30-24-19/h1-9,22H,(H,26,27). The molecule has 2 N–H and O–H groups in total. The van der Waals surface area contributed by atoms with Crippen molar-refractivity contribution in [2.45, 2.75) is 0 Å². The minimum atomic E-state index is -1.12. The molecule has 0 bridgehead atoms. The summed E-state index contributed by atoms with van der Waals surface area (Å²) in [7, 11) is 0. The third-order valence-electron chi connectivity index (χ3n) is 4.46. The summed E-state index contributed by atoms with van der Waals surface area (Å²) in [5, 5.41) is 40.5. The normalized spacial score (nSPS) is 10.5. The van der Waals surface area contributed by atoms with Gasteiger partial charge in [0, 0.05) is 22.9 Å². The van der Waals surface area contributed by atoms with E-state index in [0.29, 0.717) is 28.1 Å². The number of carboxylic acids is 1. The predicted octanol–water partition coefficient (Wildman–Crippen LogP) is 4.11. The summed E-state index contributed by atoms with van der Waals surface area (Å²) in [6.45, 7) is 0. The highest BCUT2D eigenvalue weighted by Crippen LogP contribution is 2.36. The van der Waals surface area contributed by atoms with Gasteiger partial charge in [-0.3, -0.25) is 10.1 Å². The zero-order valence-corrected chi connectivity index (χ0v) is 15.1. The second-order valence-corrected chi connectivity index (χ2v) is 6.20. The number of carboxylic acid groups (broad SMARTS) is 1. The van der Waals surface area contributed by atoms with Crippen molar-refractivity contribution in [2.24, 2.45) is 0 Å². The van der Waals surface area contributed by atoms with Gasteiger partial charge in [-0.2, -0.15) is 5.26 Å². The molecule has 4 rings (SSSR count). The van der Waals surface area contributed by atoms with E-state index in [1.165, 1.54) is 24.3 Å². The molecule has 146 valence electrons. The Labute approximate surface area is 168 Å². The molecule has 30 heavy (non-hydrogen) atoms. The highest BCUT2D eigenvalue weighted by molar-refractivity contribution is 5.98. The van der Waals surface area contributed by atoms with E-state index in [1.807, 2.05) is 0 Å². The van der Waals surface area contributed by atoms with Gasteiger partial charge < -0.3 is 10.4 Å². The van der Waals surface area contributed by atoms with Crippen LogP contribution in [0.25, 0.3) is 22.2 Å². The third-order valence-corrected chi connectivity index (χ3v) is 4.46. The molecule has 0 aliphatic carbocycles. The van der Waals surface area contributed by atoms with E-state index in [1.54, 1.807) is 30.3 Å². The van der Waals surface area contributed by atoms with E-state index < -0.39 is 10.9 Å². The van der Waals surface area contributed by atoms with Crippen LogP contribution in [0.4, 0.5) is 17.1 Å². The van der Waals surface area contributed by atoms with Crippen LogP contribution in [0.1, 0.15) is 15.9 Å². The Morgan fingerprint density at radius 2 is 1.80 bits per heavy atom. The van der Waals surface area contributed by atoms with Gasteiger partial charge in [0.1, 0.15) is 0 Å². The van der Waals surface area contributed by atoms with Gasteiger partial charge >= 0.3 is 11.7 Å². The van der Waals surface area contributed by atoms with Crippen LogP contribution in [-0.4, -0.2) is 26.3 Å². The molecule has 0 saturated carbocycles. The van der Waals surface area contributed by atoms with Gasteiger partial charge in [-0.05, 0) is 40.6 Å². The number of fused-ring (bicyclic) bond motifs is 1. The monoisotopic (exact) mass is 401 g/mol. The molecule has 0 saturated heterocycles. The number of hydrogen-bond acceptors (Lipinski definition) is 8. The second-order valence-electron chi connectivity index (χ2n) is 6.20. The van der Waals surface area contributed by atoms with Gasteiger partial charge in [0.2, 0.25) is 5.52 Å². The van der Waals surface area contributed by atoms with Crippen molar-refractivity contribution in [2.75, 3.05) is 5.32 Å². The minimum Gasteiger partial charge on any atom is -0.478 e. The lowest BCUT2D eigenvalue weighted by Gasteiger charge is -2.14. The highest BCUT2D eigenvalue weighted by atomic mass is 16.6. The van der Waals surface area contributed by atoms with Crippen LogP contribution >= 0.6 is 0 Å². The van der Waals surface area contributed by atoms with Crippen LogP contribution < -0.4 is 5.32 Å². The quantitative estimate of drug-likeness (QED) is 0.371. The Morgan fingerprint density at radius 3 is 2.53 bits per heavy atom. The maximum atomic E-state index is 11.5. The zero-order chi connectivity index (χ0) is 21.3. The van der Waals surface area contributed by atoms with Gasteiger partial charge in [0.15, 0.2) is 5.52 Å². The Morgan fingerprint density at radius 1 is 1.07 bits per heavy atom. The van der Waals surface area contributed by atoms with Crippen molar-refractivity contribution in [3.8, 4) is 17.2 Å². The van der Waals surface area contributed by atoms with Crippen LogP contribution in [0.15, 0.2) is 59.2 Å². The molecule has 4 aromatic rings. The van der Waals surface area contributed by atoms with E-state index in [0.717, 1.165) is 0 Å². The van der Waals surface area contributed by atoms with E-state index in [2.05, 4.69) is 26.3 Å². The zero-order valence-electron chi connectivity index (χ0n) is 15.1. The summed E-state index contributed by atoms with van der Waals surface area (Å²) < 4.78 is 4.67. The van der Waals surface area contributed by atoms with E-state index in [9.17, 15) is 25.3 Å². The summed E-state index contributed by atoms with van der Waals surface area (Å²) in [5.74, 6) is -1.12. The number of rotatable bonds is 5. The fourth-order valence-corrected chi connectivity index (χ4v) is 3.07. The molecule has 10 nitrogen and oxygen atoms in total. The van der Waals surface area contributed by atoms with Crippen molar-refractivity contribution < 1.29 is 19.5 Å². The molecule has 0 fully saturated rings. The number of benzene rings is 3. The van der Waals surface area contributed by atoms with Crippen LogP contribution in [-0.2, 0) is 0 Å². The first-order chi connectivity index (χ1) is 14.5. The molecular formula is C20H11N5O5. The number of aromatic carboxylic acids is 1. The van der Waals surface area contributed by atoms with Gasteiger partial charge in [-0.1, -0.05) is 18.2 Å². The van der Waals surface area contributed by atoms with Gasteiger partial charge in [0.25, 0.3) is 0 Å². The molecule has 0 radical (unpaired) electrons. The second kappa shape index (κ2) is 7.33. The lowest BCUT2D eigenvalue weighted by atomic mass is 9.96. The number of carbonyl (C=O) groups is 1. The smallest absolute Gasteiger partial charge is 0.335 e. The van der Waals surface area contributed by atoms with Crippen LogP contribution in [0.5, 0.6) is 0 Å². The van der Waals surface area contributed by atoms with Crippen LogP contribution in [0, 0.1) is 21.4 Å². The average molecular weight is 401 g/mol. The van der Waals surface area contributed by atoms with Crippen molar-refractivity contribution in [1.29, 1.82) is 5.26 Å². The fourth-order valence-electron chi connectivity index (χ4n) is 3.07. The van der Waals surface area contributed by atoms with Crippen LogP contribution in [0.3, 0.4) is 0 Å². The topological polar surface area (TPSA) is 155 Å². The Bertz CT molecular complexity index is 1360. The first kappa shape index (κ1) is 18.6. The molecule has 1 aromatic heterocycles. The predicted molar refractivity (Wildman–Crippen MR) is 105 cm³/mol. The third kappa shape index (κ3) is 3.16. The number of aromatic nitrogens is 2. The number of nitrogens with zero attached hydrogens (tertiary/aromatic N) is 4. The largest absolute Gasteiger partial charge is 0.478 e. The number of anilines is 2. The first-order valence-electron chi connectivity index (χ1n) is 8.53. The first-order valence-corrected chi connectivity index (χ1v) is 8.53. The molecule has 0 amide bonds. The fraction of sp³-hybridized carbons (Fsp3) is 0. The maximum Gasteiger partial charge on any atom is 0.335 e. The molecular weight excluding hydrogens is 390 g/mol. The lowest BCUT2D eigenvalue weighted by molar-refractivity contribution is -0.383. The minimum absolute atomic E-state index is 0.0221. The van der Waals surface area contributed by atoms with Crippen molar-refractivity contribution in [1.82, 2.24) is 10.3 Å². The number of nitriles is 1. The average Bonchev–Trinajstić information content (AvgIpc) is 3.24. The molecule has 1 heterocycles. The summed E-state index contributed by atoms with van der Waals surface area (Å²) in [6, 6.07) is 16.0. The maximum absolute atomic E-state index is 11.5. The van der Waals surface area contributed by atoms with E-state index in [-0.39, 0.29) is 22.3 Å². The molecule has 0 aliphatic heterocycles. The molecule has 0 unspecified atom stereocenters. The lowest BCUT2D eigenvalue weighted by Crippen LogP contribution is -2.01. The van der Waals surface area contributed by atoms with Crippen molar-refractivity contribution in [3.05, 3.63) is 75.8 Å². The van der Waals surface area contributed by atoms with Gasteiger partial charge in [0.05, 0.1) is 27.8 Å². The summed E-state index contributed by atoms with van der Waals surface area (Å²) in [6.07, 6.45) is 0. The molecule has 0 atom stereocenters.